The summed E-state index contributed by atoms with van der Waals surface area (Å²) in [5.74, 6) is 0.672. The SMILES string of the molecule is CO[C@H]1CC[C@@H](CN[C@@H]2CCCC[C@H]2Oc2ccc3c(c2)CN(C2CCC(=O)NC2=O)C3=O)CC1. The van der Waals surface area contributed by atoms with Gasteiger partial charge in [-0.2, -0.15) is 0 Å². The van der Waals surface area contributed by atoms with Crippen molar-refractivity contribution in [2.24, 2.45) is 5.92 Å². The molecule has 0 radical (unpaired) electrons. The second-order valence-corrected chi connectivity index (χ2v) is 10.6. The zero-order valence-electron chi connectivity index (χ0n) is 20.6. The number of methoxy groups -OCH3 is 1. The van der Waals surface area contributed by atoms with Crippen LogP contribution in [0.25, 0.3) is 0 Å². The summed E-state index contributed by atoms with van der Waals surface area (Å²) in [7, 11) is 1.81. The molecule has 8 heteroatoms. The van der Waals surface area contributed by atoms with Crippen molar-refractivity contribution in [3.8, 4) is 5.75 Å². The number of imide groups is 1. The highest BCUT2D eigenvalue weighted by Crippen LogP contribution is 2.32. The van der Waals surface area contributed by atoms with E-state index in [0.717, 1.165) is 50.0 Å². The van der Waals surface area contributed by atoms with Gasteiger partial charge >= 0.3 is 0 Å². The highest BCUT2D eigenvalue weighted by atomic mass is 16.5. The Morgan fingerprint density at radius 2 is 1.83 bits per heavy atom. The van der Waals surface area contributed by atoms with Gasteiger partial charge < -0.3 is 19.7 Å². The molecule has 0 bridgehead atoms. The van der Waals surface area contributed by atoms with Gasteiger partial charge in [0.25, 0.3) is 5.91 Å². The fraction of sp³-hybridized carbons (Fsp3) is 0.667. The number of nitrogens with one attached hydrogen (secondary N) is 2. The summed E-state index contributed by atoms with van der Waals surface area (Å²) in [6.45, 7) is 1.40. The third-order valence-electron chi connectivity index (χ3n) is 8.28. The lowest BCUT2D eigenvalue weighted by Crippen LogP contribution is -2.52. The van der Waals surface area contributed by atoms with Crippen LogP contribution >= 0.6 is 0 Å². The minimum absolute atomic E-state index is 0.112. The monoisotopic (exact) mass is 483 g/mol. The predicted octanol–water partition coefficient (Wildman–Crippen LogP) is 2.93. The summed E-state index contributed by atoms with van der Waals surface area (Å²) in [5.41, 5.74) is 1.50. The topological polar surface area (TPSA) is 97.0 Å². The third-order valence-corrected chi connectivity index (χ3v) is 8.28. The van der Waals surface area contributed by atoms with Gasteiger partial charge in [0.05, 0.1) is 6.10 Å². The van der Waals surface area contributed by atoms with Crippen LogP contribution in [-0.4, -0.2) is 60.6 Å². The van der Waals surface area contributed by atoms with E-state index in [9.17, 15) is 14.4 Å². The molecule has 1 saturated heterocycles. The lowest BCUT2D eigenvalue weighted by molar-refractivity contribution is -0.136. The largest absolute Gasteiger partial charge is 0.489 e. The van der Waals surface area contributed by atoms with Gasteiger partial charge in [-0.15, -0.1) is 0 Å². The van der Waals surface area contributed by atoms with Crippen molar-refractivity contribution < 1.29 is 23.9 Å². The molecule has 2 N–H and O–H groups in total. The normalized spacial score (nSPS) is 31.3. The highest BCUT2D eigenvalue weighted by molar-refractivity contribution is 6.05. The molecule has 3 fully saturated rings. The molecule has 0 aromatic heterocycles. The number of nitrogens with zero attached hydrogens (tertiary/aromatic N) is 1. The summed E-state index contributed by atoms with van der Waals surface area (Å²) < 4.78 is 12.0. The lowest BCUT2D eigenvalue weighted by Gasteiger charge is -2.35. The quantitative estimate of drug-likeness (QED) is 0.579. The van der Waals surface area contributed by atoms with Gasteiger partial charge in [0.15, 0.2) is 0 Å². The molecule has 3 amide bonds. The molecule has 1 aromatic carbocycles. The third kappa shape index (κ3) is 5.38. The highest BCUT2D eigenvalue weighted by Gasteiger charge is 2.39. The van der Waals surface area contributed by atoms with Gasteiger partial charge in [-0.3, -0.25) is 19.7 Å². The molecule has 0 spiro atoms. The number of amides is 3. The predicted molar refractivity (Wildman–Crippen MR) is 130 cm³/mol. The number of piperidine rings is 1. The number of hydrogen-bond donors (Lipinski definition) is 2. The Morgan fingerprint density at radius 1 is 1.03 bits per heavy atom. The molecule has 2 saturated carbocycles. The van der Waals surface area contributed by atoms with Crippen LogP contribution in [0.2, 0.25) is 0 Å². The number of rotatable bonds is 7. The first-order chi connectivity index (χ1) is 17.0. The van der Waals surface area contributed by atoms with E-state index in [1.54, 1.807) is 4.90 Å². The Balaban J connectivity index is 1.19. The summed E-state index contributed by atoms with van der Waals surface area (Å²) in [6.07, 6.45) is 10.4. The van der Waals surface area contributed by atoms with Crippen LogP contribution in [0, 0.1) is 5.92 Å². The lowest BCUT2D eigenvalue weighted by atomic mass is 9.86. The van der Waals surface area contributed by atoms with Crippen molar-refractivity contribution in [2.45, 2.75) is 95.0 Å². The molecule has 1 aromatic rings. The van der Waals surface area contributed by atoms with Crippen molar-refractivity contribution in [1.29, 1.82) is 0 Å². The van der Waals surface area contributed by atoms with E-state index < -0.39 is 6.04 Å². The summed E-state index contributed by atoms with van der Waals surface area (Å²) >= 11 is 0. The number of hydrogen-bond acceptors (Lipinski definition) is 6. The molecule has 2 aliphatic heterocycles. The molecular weight excluding hydrogens is 446 g/mol. The van der Waals surface area contributed by atoms with E-state index in [0.29, 0.717) is 36.6 Å². The summed E-state index contributed by atoms with van der Waals surface area (Å²) in [6, 6.07) is 5.39. The van der Waals surface area contributed by atoms with Crippen LogP contribution in [0.4, 0.5) is 0 Å². The molecule has 3 atom stereocenters. The molecule has 8 nitrogen and oxygen atoms in total. The summed E-state index contributed by atoms with van der Waals surface area (Å²) in [5, 5.41) is 6.17. The molecule has 4 aliphatic rings. The molecular formula is C27H37N3O5. The first-order valence-corrected chi connectivity index (χ1v) is 13.2. The number of ether oxygens (including phenoxy) is 2. The van der Waals surface area contributed by atoms with Crippen LogP contribution in [0.15, 0.2) is 18.2 Å². The standard InChI is InChI=1S/C27H37N3O5/c1-34-19-8-6-17(7-9-19)15-28-22-4-2-3-5-24(22)35-20-10-11-21-18(14-20)16-30(27(21)33)23-12-13-25(31)29-26(23)32/h10-11,14,17,19,22-24,28H,2-9,12-13,15-16H2,1H3,(H,29,31,32)/t17-,19+,22-,23?,24-/m1/s1. The zero-order valence-corrected chi connectivity index (χ0v) is 20.6. The Morgan fingerprint density at radius 3 is 2.60 bits per heavy atom. The molecule has 35 heavy (non-hydrogen) atoms. The Kier molecular flexibility index (Phi) is 7.39. The van der Waals surface area contributed by atoms with Crippen molar-refractivity contribution >= 4 is 17.7 Å². The zero-order chi connectivity index (χ0) is 24.4. The Labute approximate surface area is 207 Å². The van der Waals surface area contributed by atoms with E-state index >= 15 is 0 Å². The van der Waals surface area contributed by atoms with Gasteiger partial charge in [0.2, 0.25) is 11.8 Å². The van der Waals surface area contributed by atoms with Crippen LogP contribution in [0.5, 0.6) is 5.75 Å². The van der Waals surface area contributed by atoms with Gasteiger partial charge in [-0.25, -0.2) is 0 Å². The first-order valence-electron chi connectivity index (χ1n) is 13.2. The minimum Gasteiger partial charge on any atom is -0.489 e. The summed E-state index contributed by atoms with van der Waals surface area (Å²) in [4.78, 5) is 38.3. The van der Waals surface area contributed by atoms with Crippen molar-refractivity contribution in [1.82, 2.24) is 15.5 Å². The molecule has 2 aliphatic carbocycles. The fourth-order valence-electron chi connectivity index (χ4n) is 6.16. The number of fused-ring (bicyclic) bond motifs is 1. The number of carbonyl (C=O) groups is 3. The van der Waals surface area contributed by atoms with E-state index in [1.165, 1.54) is 19.3 Å². The van der Waals surface area contributed by atoms with Crippen molar-refractivity contribution in [3.05, 3.63) is 29.3 Å². The maximum atomic E-state index is 13.0. The van der Waals surface area contributed by atoms with Crippen LogP contribution in [0.3, 0.4) is 0 Å². The molecule has 2 heterocycles. The van der Waals surface area contributed by atoms with Crippen LogP contribution in [-0.2, 0) is 20.9 Å². The van der Waals surface area contributed by atoms with Crippen LogP contribution in [0.1, 0.15) is 80.1 Å². The minimum atomic E-state index is -0.595. The van der Waals surface area contributed by atoms with E-state index in [-0.39, 0.29) is 30.2 Å². The number of benzene rings is 1. The molecule has 5 rings (SSSR count). The average Bonchev–Trinajstić information content (AvgIpc) is 3.19. The van der Waals surface area contributed by atoms with Gasteiger partial charge in [-0.05, 0) is 87.6 Å². The smallest absolute Gasteiger partial charge is 0.255 e. The van der Waals surface area contributed by atoms with Crippen LogP contribution < -0.4 is 15.4 Å². The Bertz CT molecular complexity index is 958. The van der Waals surface area contributed by atoms with E-state index in [4.69, 9.17) is 9.47 Å². The van der Waals surface area contributed by atoms with Crippen molar-refractivity contribution in [3.63, 3.8) is 0 Å². The number of carbonyl (C=O) groups excluding carboxylic acids is 3. The second-order valence-electron chi connectivity index (χ2n) is 10.6. The Hall–Kier alpha value is -2.45. The van der Waals surface area contributed by atoms with E-state index in [2.05, 4.69) is 10.6 Å². The second kappa shape index (κ2) is 10.7. The van der Waals surface area contributed by atoms with Crippen molar-refractivity contribution in [2.75, 3.05) is 13.7 Å². The molecule has 1 unspecified atom stereocenters. The maximum Gasteiger partial charge on any atom is 0.255 e. The van der Waals surface area contributed by atoms with E-state index in [1.807, 2.05) is 25.3 Å². The van der Waals surface area contributed by atoms with Gasteiger partial charge in [0.1, 0.15) is 17.9 Å². The maximum absolute atomic E-state index is 13.0. The van der Waals surface area contributed by atoms with Gasteiger partial charge in [-0.1, -0.05) is 6.42 Å². The van der Waals surface area contributed by atoms with Gasteiger partial charge in [0, 0.05) is 31.7 Å². The molecule has 190 valence electrons. The first kappa shape index (κ1) is 24.3. The fourth-order valence-corrected chi connectivity index (χ4v) is 6.16. The average molecular weight is 484 g/mol.